The molecule has 0 amide bonds. The van der Waals surface area contributed by atoms with Crippen LogP contribution in [-0.4, -0.2) is 0 Å². The second-order valence-electron chi connectivity index (χ2n) is 5.47. The quantitative estimate of drug-likeness (QED) is 0.230. The number of hydrogen-bond donors (Lipinski definition) is 0. The summed E-state index contributed by atoms with van der Waals surface area (Å²) in [4.78, 5) is 0. The molecule has 0 nitrogen and oxygen atoms in total. The van der Waals surface area contributed by atoms with Crippen LogP contribution in [0.4, 0.5) is 0 Å². The molecule has 0 heterocycles. The summed E-state index contributed by atoms with van der Waals surface area (Å²) in [5.74, 6) is 0. The van der Waals surface area contributed by atoms with Crippen LogP contribution in [0.15, 0.2) is 73.4 Å². The Labute approximate surface area is 138 Å². The lowest BCUT2D eigenvalue weighted by Crippen LogP contribution is -1.79. The summed E-state index contributed by atoms with van der Waals surface area (Å²) in [5.41, 5.74) is 0. The van der Waals surface area contributed by atoms with Gasteiger partial charge in [0.05, 0.1) is 0 Å². The third-order valence-electron chi connectivity index (χ3n) is 3.39. The SMILES string of the molecule is C=C/C=C/C=C/C=C/C=C/C=C/CCCCCCCCCC. The largest absolute Gasteiger partial charge is 0.0991 e. The maximum atomic E-state index is 3.62. The van der Waals surface area contributed by atoms with E-state index in [0.717, 1.165) is 0 Å². The van der Waals surface area contributed by atoms with E-state index >= 15 is 0 Å². The fraction of sp³-hybridized carbons (Fsp3) is 0.455. The van der Waals surface area contributed by atoms with Crippen molar-refractivity contribution in [1.29, 1.82) is 0 Å². The molecule has 0 aliphatic heterocycles. The van der Waals surface area contributed by atoms with E-state index in [1.165, 1.54) is 57.8 Å². The van der Waals surface area contributed by atoms with Crippen LogP contribution in [0.5, 0.6) is 0 Å². The van der Waals surface area contributed by atoms with Crippen LogP contribution in [0.3, 0.4) is 0 Å². The van der Waals surface area contributed by atoms with E-state index in [-0.39, 0.29) is 0 Å². The number of rotatable bonds is 14. The predicted octanol–water partition coefficient (Wildman–Crippen LogP) is 7.48. The molecule has 0 fully saturated rings. The molecular formula is C22H34. The average molecular weight is 299 g/mol. The van der Waals surface area contributed by atoms with E-state index in [2.05, 4.69) is 37.8 Å². The molecule has 0 unspecified atom stereocenters. The first kappa shape index (κ1) is 20.4. The van der Waals surface area contributed by atoms with Crippen molar-refractivity contribution in [2.75, 3.05) is 0 Å². The number of unbranched alkanes of at least 4 members (excludes halogenated alkanes) is 8. The smallest absolute Gasteiger partial charge is 0.0348 e. The van der Waals surface area contributed by atoms with Crippen LogP contribution in [0.1, 0.15) is 64.7 Å². The highest BCUT2D eigenvalue weighted by atomic mass is 14.0. The molecule has 0 bridgehead atoms. The van der Waals surface area contributed by atoms with Crippen molar-refractivity contribution in [3.63, 3.8) is 0 Å². The second-order valence-corrected chi connectivity index (χ2v) is 5.47. The van der Waals surface area contributed by atoms with Crippen molar-refractivity contribution in [3.8, 4) is 0 Å². The topological polar surface area (TPSA) is 0 Å². The summed E-state index contributed by atoms with van der Waals surface area (Å²) >= 11 is 0. The highest BCUT2D eigenvalue weighted by molar-refractivity contribution is 5.18. The summed E-state index contributed by atoms with van der Waals surface area (Å²) in [5, 5.41) is 0. The standard InChI is InChI=1S/C22H34/c1-3-5-7-9-11-13-15-17-19-21-22-20-18-16-14-12-10-8-6-4-2/h3,5,7,9,11,13,15,17,19,21-22H,1,4,6,8,10,12,14,16,18,20H2,2H3/b7-5+,11-9+,15-13+,19-17+,22-21+. The molecule has 0 aromatic rings. The summed E-state index contributed by atoms with van der Waals surface area (Å²) in [6.07, 6.45) is 34.6. The maximum Gasteiger partial charge on any atom is -0.0348 e. The minimum Gasteiger partial charge on any atom is -0.0991 e. The Kier molecular flexibility index (Phi) is 18.1. The van der Waals surface area contributed by atoms with Crippen LogP contribution in [0.2, 0.25) is 0 Å². The molecule has 0 spiro atoms. The molecule has 0 saturated heterocycles. The van der Waals surface area contributed by atoms with E-state index in [4.69, 9.17) is 0 Å². The molecule has 0 rings (SSSR count). The Morgan fingerprint density at radius 2 is 1.00 bits per heavy atom. The molecule has 0 aliphatic rings. The minimum atomic E-state index is 1.20. The Bertz CT molecular complexity index is 363. The van der Waals surface area contributed by atoms with Gasteiger partial charge in [-0.05, 0) is 12.8 Å². The van der Waals surface area contributed by atoms with Gasteiger partial charge in [-0.1, -0.05) is 125 Å². The van der Waals surface area contributed by atoms with E-state index in [1.54, 1.807) is 6.08 Å². The first-order valence-corrected chi connectivity index (χ1v) is 8.86. The first-order valence-electron chi connectivity index (χ1n) is 8.86. The molecule has 22 heavy (non-hydrogen) atoms. The van der Waals surface area contributed by atoms with Crippen LogP contribution < -0.4 is 0 Å². The predicted molar refractivity (Wildman–Crippen MR) is 103 cm³/mol. The first-order chi connectivity index (χ1) is 10.9. The fourth-order valence-electron chi connectivity index (χ4n) is 2.10. The Balaban J connectivity index is 3.41. The van der Waals surface area contributed by atoms with Gasteiger partial charge in [-0.3, -0.25) is 0 Å². The summed E-state index contributed by atoms with van der Waals surface area (Å²) in [6.45, 7) is 5.89. The second kappa shape index (κ2) is 19.4. The van der Waals surface area contributed by atoms with Gasteiger partial charge in [0, 0.05) is 0 Å². The van der Waals surface area contributed by atoms with E-state index in [1.807, 2.05) is 36.5 Å². The van der Waals surface area contributed by atoms with Crippen molar-refractivity contribution in [3.05, 3.63) is 73.4 Å². The van der Waals surface area contributed by atoms with Gasteiger partial charge in [0.25, 0.3) is 0 Å². The normalized spacial score (nSPS) is 12.8. The molecule has 0 heteroatoms. The zero-order chi connectivity index (χ0) is 16.1. The van der Waals surface area contributed by atoms with Gasteiger partial charge in [0.15, 0.2) is 0 Å². The summed E-state index contributed by atoms with van der Waals surface area (Å²) in [6, 6.07) is 0. The van der Waals surface area contributed by atoms with Crippen molar-refractivity contribution in [2.24, 2.45) is 0 Å². The lowest BCUT2D eigenvalue weighted by atomic mass is 10.1. The van der Waals surface area contributed by atoms with Gasteiger partial charge in [-0.2, -0.15) is 0 Å². The van der Waals surface area contributed by atoms with Gasteiger partial charge in [0.2, 0.25) is 0 Å². The lowest BCUT2D eigenvalue weighted by Gasteiger charge is -1.99. The molecule has 0 atom stereocenters. The molecule has 0 saturated carbocycles. The summed E-state index contributed by atoms with van der Waals surface area (Å²) in [7, 11) is 0. The highest BCUT2D eigenvalue weighted by Gasteiger charge is 1.89. The van der Waals surface area contributed by atoms with Gasteiger partial charge < -0.3 is 0 Å². The monoisotopic (exact) mass is 298 g/mol. The molecular weight excluding hydrogens is 264 g/mol. The Morgan fingerprint density at radius 3 is 1.55 bits per heavy atom. The van der Waals surface area contributed by atoms with Gasteiger partial charge in [-0.15, -0.1) is 0 Å². The van der Waals surface area contributed by atoms with Crippen molar-refractivity contribution in [1.82, 2.24) is 0 Å². The van der Waals surface area contributed by atoms with Gasteiger partial charge >= 0.3 is 0 Å². The maximum absolute atomic E-state index is 3.62. The minimum absolute atomic E-state index is 1.20. The molecule has 0 N–H and O–H groups in total. The van der Waals surface area contributed by atoms with E-state index < -0.39 is 0 Å². The van der Waals surface area contributed by atoms with Crippen LogP contribution in [-0.2, 0) is 0 Å². The molecule has 122 valence electrons. The zero-order valence-electron chi connectivity index (χ0n) is 14.4. The number of hydrogen-bond acceptors (Lipinski definition) is 0. The van der Waals surface area contributed by atoms with Crippen molar-refractivity contribution in [2.45, 2.75) is 64.7 Å². The van der Waals surface area contributed by atoms with E-state index in [0.29, 0.717) is 0 Å². The summed E-state index contributed by atoms with van der Waals surface area (Å²) < 4.78 is 0. The van der Waals surface area contributed by atoms with Gasteiger partial charge in [0.1, 0.15) is 0 Å². The molecule has 0 aromatic heterocycles. The third kappa shape index (κ3) is 18.4. The number of allylic oxidation sites excluding steroid dienone is 11. The Hall–Kier alpha value is -1.56. The Morgan fingerprint density at radius 1 is 0.545 bits per heavy atom. The molecule has 0 radical (unpaired) electrons. The average Bonchev–Trinajstić information content (AvgIpc) is 2.54. The molecule has 0 aromatic carbocycles. The third-order valence-corrected chi connectivity index (χ3v) is 3.39. The van der Waals surface area contributed by atoms with Crippen molar-refractivity contribution >= 4 is 0 Å². The fourth-order valence-corrected chi connectivity index (χ4v) is 2.10. The van der Waals surface area contributed by atoms with Crippen LogP contribution >= 0.6 is 0 Å². The van der Waals surface area contributed by atoms with Gasteiger partial charge in [-0.25, -0.2) is 0 Å². The molecule has 0 aliphatic carbocycles. The zero-order valence-corrected chi connectivity index (χ0v) is 14.4. The van der Waals surface area contributed by atoms with Crippen molar-refractivity contribution < 1.29 is 0 Å². The van der Waals surface area contributed by atoms with E-state index in [9.17, 15) is 0 Å². The van der Waals surface area contributed by atoms with Crippen LogP contribution in [0.25, 0.3) is 0 Å². The lowest BCUT2D eigenvalue weighted by molar-refractivity contribution is 0.577. The van der Waals surface area contributed by atoms with Crippen LogP contribution in [0, 0.1) is 0 Å². The highest BCUT2D eigenvalue weighted by Crippen LogP contribution is 2.09.